The number of benzene rings is 2. The number of carbonyl (C=O) groups excluding carboxylic acids is 1. The minimum absolute atomic E-state index is 0.0505. The Morgan fingerprint density at radius 3 is 2.90 bits per heavy atom. The fraction of sp³-hybridized carbons (Fsp3) is 0.261. The van der Waals surface area contributed by atoms with Crippen LogP contribution in [-0.4, -0.2) is 46.4 Å². The Kier molecular flexibility index (Phi) is 5.61. The Labute approximate surface area is 174 Å². The van der Waals surface area contributed by atoms with Crippen LogP contribution in [0.3, 0.4) is 0 Å². The highest BCUT2D eigenvalue weighted by Crippen LogP contribution is 2.28. The van der Waals surface area contributed by atoms with E-state index in [1.807, 2.05) is 31.3 Å². The van der Waals surface area contributed by atoms with Crippen LogP contribution in [0.4, 0.5) is 10.1 Å². The van der Waals surface area contributed by atoms with Gasteiger partial charge in [-0.1, -0.05) is 18.2 Å². The number of likely N-dealkylation sites (tertiary alicyclic amines) is 1. The van der Waals surface area contributed by atoms with Gasteiger partial charge < -0.3 is 15.6 Å². The molecule has 1 saturated heterocycles. The van der Waals surface area contributed by atoms with Crippen molar-refractivity contribution in [1.29, 1.82) is 5.41 Å². The van der Waals surface area contributed by atoms with E-state index in [-0.39, 0.29) is 23.4 Å². The van der Waals surface area contributed by atoms with Crippen molar-refractivity contribution >= 4 is 17.8 Å². The maximum atomic E-state index is 14.0. The third-order valence-corrected chi connectivity index (χ3v) is 5.65. The Balaban J connectivity index is 1.42. The maximum absolute atomic E-state index is 14.0. The predicted octanol–water partition coefficient (Wildman–Crippen LogP) is 4.18. The predicted molar refractivity (Wildman–Crippen MR) is 115 cm³/mol. The number of hydrogen-bond donors (Lipinski definition) is 3. The number of hydrogen-bond acceptors (Lipinski definition) is 4. The third kappa shape index (κ3) is 3.96. The van der Waals surface area contributed by atoms with Gasteiger partial charge in [0.2, 0.25) is 0 Å². The zero-order chi connectivity index (χ0) is 21.1. The molecule has 6 nitrogen and oxygen atoms in total. The molecule has 3 aromatic rings. The SMILES string of the molecule is CC1CC(CNc2ccc(-c3cn[nH]c3)cc2C=N)CN1C(=O)c1ccccc1F. The number of nitrogens with zero attached hydrogens (tertiary/aromatic N) is 2. The summed E-state index contributed by atoms with van der Waals surface area (Å²) in [7, 11) is 0. The van der Waals surface area contributed by atoms with Gasteiger partial charge in [0.05, 0.1) is 11.8 Å². The summed E-state index contributed by atoms with van der Waals surface area (Å²) in [6.07, 6.45) is 5.74. The van der Waals surface area contributed by atoms with Gasteiger partial charge >= 0.3 is 0 Å². The molecule has 1 fully saturated rings. The van der Waals surface area contributed by atoms with Crippen molar-refractivity contribution < 1.29 is 9.18 Å². The molecular weight excluding hydrogens is 381 g/mol. The number of nitrogens with one attached hydrogen (secondary N) is 3. The topological polar surface area (TPSA) is 84.9 Å². The third-order valence-electron chi connectivity index (χ3n) is 5.65. The number of halogens is 1. The quantitative estimate of drug-likeness (QED) is 0.538. The van der Waals surface area contributed by atoms with Crippen molar-refractivity contribution in [2.75, 3.05) is 18.4 Å². The lowest BCUT2D eigenvalue weighted by atomic mass is 10.0. The number of anilines is 1. The van der Waals surface area contributed by atoms with Gasteiger partial charge in [0, 0.05) is 48.4 Å². The Hall–Kier alpha value is -3.48. The second-order valence-electron chi connectivity index (χ2n) is 7.70. The molecule has 2 atom stereocenters. The Morgan fingerprint density at radius 1 is 1.33 bits per heavy atom. The zero-order valence-corrected chi connectivity index (χ0v) is 16.7. The Morgan fingerprint density at radius 2 is 2.17 bits per heavy atom. The number of amides is 1. The van der Waals surface area contributed by atoms with Crippen molar-refractivity contribution in [3.8, 4) is 11.1 Å². The summed E-state index contributed by atoms with van der Waals surface area (Å²) in [6, 6.07) is 12.1. The number of carbonyl (C=O) groups is 1. The maximum Gasteiger partial charge on any atom is 0.257 e. The van der Waals surface area contributed by atoms with Crippen molar-refractivity contribution in [2.24, 2.45) is 5.92 Å². The van der Waals surface area contributed by atoms with E-state index in [0.29, 0.717) is 13.1 Å². The second kappa shape index (κ2) is 8.49. The van der Waals surface area contributed by atoms with E-state index in [9.17, 15) is 9.18 Å². The largest absolute Gasteiger partial charge is 0.384 e. The molecule has 0 bridgehead atoms. The molecule has 3 N–H and O–H groups in total. The molecule has 154 valence electrons. The molecule has 2 aromatic carbocycles. The highest BCUT2D eigenvalue weighted by molar-refractivity contribution is 5.95. The monoisotopic (exact) mass is 405 g/mol. The molecule has 0 saturated carbocycles. The van der Waals surface area contributed by atoms with E-state index >= 15 is 0 Å². The average molecular weight is 405 g/mol. The number of aromatic nitrogens is 2. The minimum atomic E-state index is -0.482. The molecule has 2 heterocycles. The fourth-order valence-corrected chi connectivity index (χ4v) is 4.05. The molecular formula is C23H24FN5O. The number of H-pyrrole nitrogens is 1. The number of rotatable bonds is 6. The molecule has 4 rings (SSSR count). The van der Waals surface area contributed by atoms with Gasteiger partial charge in [-0.15, -0.1) is 0 Å². The van der Waals surface area contributed by atoms with Crippen LogP contribution in [-0.2, 0) is 0 Å². The van der Waals surface area contributed by atoms with Crippen molar-refractivity contribution in [1.82, 2.24) is 15.1 Å². The lowest BCUT2D eigenvalue weighted by Gasteiger charge is -2.22. The molecule has 0 aliphatic carbocycles. The summed E-state index contributed by atoms with van der Waals surface area (Å²) in [5, 5.41) is 17.9. The first-order chi connectivity index (χ1) is 14.6. The van der Waals surface area contributed by atoms with Crippen LogP contribution in [0.1, 0.15) is 29.3 Å². The molecule has 0 spiro atoms. The van der Waals surface area contributed by atoms with E-state index in [0.717, 1.165) is 28.8 Å². The van der Waals surface area contributed by atoms with E-state index in [1.165, 1.54) is 18.3 Å². The first-order valence-electron chi connectivity index (χ1n) is 10.00. The van der Waals surface area contributed by atoms with Gasteiger partial charge in [0.15, 0.2) is 0 Å². The van der Waals surface area contributed by atoms with Crippen molar-refractivity contribution in [3.63, 3.8) is 0 Å². The summed E-state index contributed by atoms with van der Waals surface area (Å²) in [6.45, 7) is 3.26. The van der Waals surface area contributed by atoms with Crippen LogP contribution in [0.25, 0.3) is 11.1 Å². The standard InChI is InChI=1S/C23H24FN5O/c1-15-8-16(14-29(15)23(30)20-4-2-3-5-21(20)24)11-26-22-7-6-17(9-18(22)10-25)19-12-27-28-13-19/h2-7,9-10,12-13,15-16,25-26H,8,11,14H2,1H3,(H,27,28). The first-order valence-corrected chi connectivity index (χ1v) is 10.00. The van der Waals surface area contributed by atoms with Gasteiger partial charge in [-0.2, -0.15) is 5.10 Å². The molecule has 1 amide bonds. The smallest absolute Gasteiger partial charge is 0.257 e. The molecule has 1 aliphatic rings. The summed E-state index contributed by atoms with van der Waals surface area (Å²) in [5.74, 6) is -0.486. The van der Waals surface area contributed by atoms with E-state index < -0.39 is 5.82 Å². The molecule has 0 radical (unpaired) electrons. The average Bonchev–Trinajstić information content (AvgIpc) is 3.42. The zero-order valence-electron chi connectivity index (χ0n) is 16.7. The molecule has 7 heteroatoms. The molecule has 1 aromatic heterocycles. The summed E-state index contributed by atoms with van der Waals surface area (Å²) in [4.78, 5) is 14.5. The molecule has 1 aliphatic heterocycles. The molecule has 30 heavy (non-hydrogen) atoms. The Bertz CT molecular complexity index is 1050. The normalized spacial score (nSPS) is 18.4. The minimum Gasteiger partial charge on any atom is -0.384 e. The van der Waals surface area contributed by atoms with Crippen LogP contribution in [0.2, 0.25) is 0 Å². The van der Waals surface area contributed by atoms with Crippen LogP contribution in [0.5, 0.6) is 0 Å². The van der Waals surface area contributed by atoms with Gasteiger partial charge in [-0.3, -0.25) is 9.89 Å². The highest BCUT2D eigenvalue weighted by Gasteiger charge is 2.33. The van der Waals surface area contributed by atoms with E-state index in [4.69, 9.17) is 5.41 Å². The fourth-order valence-electron chi connectivity index (χ4n) is 4.05. The van der Waals surface area contributed by atoms with E-state index in [1.54, 1.807) is 23.2 Å². The summed E-state index contributed by atoms with van der Waals surface area (Å²) < 4.78 is 14.0. The van der Waals surface area contributed by atoms with E-state index in [2.05, 4.69) is 15.5 Å². The van der Waals surface area contributed by atoms with Crippen LogP contribution < -0.4 is 5.32 Å². The van der Waals surface area contributed by atoms with Crippen LogP contribution in [0, 0.1) is 17.1 Å². The lowest BCUT2D eigenvalue weighted by Crippen LogP contribution is -2.34. The van der Waals surface area contributed by atoms with Crippen molar-refractivity contribution in [2.45, 2.75) is 19.4 Å². The van der Waals surface area contributed by atoms with Gasteiger partial charge in [-0.05, 0) is 49.1 Å². The van der Waals surface area contributed by atoms with Crippen molar-refractivity contribution in [3.05, 3.63) is 71.8 Å². The summed E-state index contributed by atoms with van der Waals surface area (Å²) in [5.41, 5.74) is 3.75. The second-order valence-corrected chi connectivity index (χ2v) is 7.70. The van der Waals surface area contributed by atoms with Gasteiger partial charge in [0.25, 0.3) is 5.91 Å². The molecule has 2 unspecified atom stereocenters. The highest BCUT2D eigenvalue weighted by atomic mass is 19.1. The van der Waals surface area contributed by atoms with Gasteiger partial charge in [0.1, 0.15) is 5.82 Å². The lowest BCUT2D eigenvalue weighted by molar-refractivity contribution is 0.0739. The first kappa shape index (κ1) is 19.8. The summed E-state index contributed by atoms with van der Waals surface area (Å²) >= 11 is 0. The van der Waals surface area contributed by atoms with Crippen LogP contribution in [0.15, 0.2) is 54.9 Å². The van der Waals surface area contributed by atoms with Crippen LogP contribution >= 0.6 is 0 Å². The number of aromatic amines is 1. The van der Waals surface area contributed by atoms with Gasteiger partial charge in [-0.25, -0.2) is 4.39 Å².